The molecule has 1 fully saturated rings. The average molecular weight is 322 g/mol. The highest BCUT2D eigenvalue weighted by Crippen LogP contribution is 2.28. The third-order valence-electron chi connectivity index (χ3n) is 3.11. The van der Waals surface area contributed by atoms with E-state index in [0.29, 0.717) is 5.56 Å². The van der Waals surface area contributed by atoms with Gasteiger partial charge in [0.15, 0.2) is 18.1 Å². The van der Waals surface area contributed by atoms with Crippen LogP contribution in [0, 0.1) is 0 Å². The molecule has 0 heterocycles. The van der Waals surface area contributed by atoms with Crippen molar-refractivity contribution in [3.63, 3.8) is 0 Å². The van der Waals surface area contributed by atoms with E-state index in [0.717, 1.165) is 12.8 Å². The summed E-state index contributed by atoms with van der Waals surface area (Å²) in [6, 6.07) is 4.05. The highest BCUT2D eigenvalue weighted by molar-refractivity contribution is 5.95. The number of imide groups is 1. The van der Waals surface area contributed by atoms with Gasteiger partial charge in [0.1, 0.15) is 0 Å². The molecule has 2 N–H and O–H groups in total. The van der Waals surface area contributed by atoms with Gasteiger partial charge in [0, 0.05) is 6.04 Å². The van der Waals surface area contributed by atoms with Crippen LogP contribution in [0.4, 0.5) is 4.79 Å². The summed E-state index contributed by atoms with van der Waals surface area (Å²) in [5.74, 6) is -0.535. The zero-order chi connectivity index (χ0) is 16.8. The van der Waals surface area contributed by atoms with E-state index in [-0.39, 0.29) is 24.1 Å². The van der Waals surface area contributed by atoms with E-state index in [2.05, 4.69) is 15.4 Å². The number of urea groups is 1. The predicted octanol–water partition coefficient (Wildman–Crippen LogP) is 0.849. The van der Waals surface area contributed by atoms with E-state index in [1.807, 2.05) is 0 Å². The Hall–Kier alpha value is -2.77. The van der Waals surface area contributed by atoms with Gasteiger partial charge in [-0.1, -0.05) is 0 Å². The van der Waals surface area contributed by atoms with Crippen LogP contribution in [0.15, 0.2) is 18.2 Å². The van der Waals surface area contributed by atoms with E-state index in [9.17, 15) is 14.4 Å². The maximum atomic E-state index is 11.6. The Bertz CT molecular complexity index is 612. The van der Waals surface area contributed by atoms with Crippen LogP contribution in [0.2, 0.25) is 0 Å². The van der Waals surface area contributed by atoms with Crippen molar-refractivity contribution in [2.45, 2.75) is 18.9 Å². The molecular formula is C15H18N2O6. The van der Waals surface area contributed by atoms with Gasteiger partial charge in [0.25, 0.3) is 5.91 Å². The SMILES string of the molecule is COC(=O)c1ccc(OCC(=O)NC(=O)NC2CC2)c(OC)c1. The fourth-order valence-corrected chi connectivity index (χ4v) is 1.79. The summed E-state index contributed by atoms with van der Waals surface area (Å²) < 4.78 is 15.0. The van der Waals surface area contributed by atoms with E-state index < -0.39 is 17.9 Å². The second-order valence-corrected chi connectivity index (χ2v) is 4.94. The molecule has 0 unspecified atom stereocenters. The molecule has 0 atom stereocenters. The lowest BCUT2D eigenvalue weighted by atomic mass is 10.2. The second-order valence-electron chi connectivity index (χ2n) is 4.94. The lowest BCUT2D eigenvalue weighted by molar-refractivity contribution is -0.122. The van der Waals surface area contributed by atoms with Crippen molar-refractivity contribution in [3.8, 4) is 11.5 Å². The number of benzene rings is 1. The summed E-state index contributed by atoms with van der Waals surface area (Å²) in [5, 5.41) is 4.80. The lowest BCUT2D eigenvalue weighted by Gasteiger charge is -2.11. The van der Waals surface area contributed by atoms with Crippen molar-refractivity contribution < 1.29 is 28.6 Å². The molecule has 8 heteroatoms. The Morgan fingerprint density at radius 2 is 1.91 bits per heavy atom. The molecule has 23 heavy (non-hydrogen) atoms. The molecule has 0 bridgehead atoms. The van der Waals surface area contributed by atoms with Crippen molar-refractivity contribution in [2.24, 2.45) is 0 Å². The van der Waals surface area contributed by atoms with Crippen molar-refractivity contribution in [2.75, 3.05) is 20.8 Å². The number of amides is 3. The fraction of sp³-hybridized carbons (Fsp3) is 0.400. The molecular weight excluding hydrogens is 304 g/mol. The number of carbonyl (C=O) groups is 3. The summed E-state index contributed by atoms with van der Waals surface area (Å²) in [6.07, 6.45) is 1.86. The van der Waals surface area contributed by atoms with E-state index in [4.69, 9.17) is 9.47 Å². The molecule has 2 rings (SSSR count). The first-order chi connectivity index (χ1) is 11.0. The highest BCUT2D eigenvalue weighted by atomic mass is 16.5. The Balaban J connectivity index is 1.89. The van der Waals surface area contributed by atoms with Crippen LogP contribution in [0.1, 0.15) is 23.2 Å². The van der Waals surface area contributed by atoms with Crippen LogP contribution in [0.5, 0.6) is 11.5 Å². The largest absolute Gasteiger partial charge is 0.493 e. The molecule has 1 aliphatic carbocycles. The normalized spacial score (nSPS) is 13.0. The van der Waals surface area contributed by atoms with Crippen molar-refractivity contribution in [3.05, 3.63) is 23.8 Å². The number of nitrogens with one attached hydrogen (secondary N) is 2. The molecule has 1 aromatic rings. The standard InChI is InChI=1S/C15H18N2O6/c1-21-12-7-9(14(19)22-2)3-6-11(12)23-8-13(18)17-15(20)16-10-4-5-10/h3,6-7,10H,4-5,8H2,1-2H3,(H2,16,17,18,20). The van der Waals surface area contributed by atoms with E-state index >= 15 is 0 Å². The van der Waals surface area contributed by atoms with Gasteiger partial charge < -0.3 is 19.5 Å². The van der Waals surface area contributed by atoms with Crippen LogP contribution in [0.3, 0.4) is 0 Å². The summed E-state index contributed by atoms with van der Waals surface area (Å²) in [6.45, 7) is -0.355. The minimum atomic E-state index is -0.581. The Kier molecular flexibility index (Phi) is 5.40. The molecule has 0 saturated heterocycles. The van der Waals surface area contributed by atoms with Crippen LogP contribution in [0.25, 0.3) is 0 Å². The monoisotopic (exact) mass is 322 g/mol. The number of methoxy groups -OCH3 is 2. The highest BCUT2D eigenvalue weighted by Gasteiger charge is 2.24. The molecule has 0 aromatic heterocycles. The maximum Gasteiger partial charge on any atom is 0.337 e. The van der Waals surface area contributed by atoms with Crippen LogP contribution >= 0.6 is 0 Å². The van der Waals surface area contributed by atoms with Crippen molar-refractivity contribution in [1.29, 1.82) is 0 Å². The van der Waals surface area contributed by atoms with Crippen LogP contribution in [-0.4, -0.2) is 44.8 Å². The van der Waals surface area contributed by atoms with Gasteiger partial charge in [-0.3, -0.25) is 10.1 Å². The van der Waals surface area contributed by atoms with Gasteiger partial charge in [-0.25, -0.2) is 9.59 Å². The first-order valence-electron chi connectivity index (χ1n) is 7.03. The molecule has 1 aromatic carbocycles. The smallest absolute Gasteiger partial charge is 0.337 e. The van der Waals surface area contributed by atoms with Gasteiger partial charge in [0.2, 0.25) is 0 Å². The molecule has 124 valence electrons. The minimum absolute atomic E-state index is 0.162. The fourth-order valence-electron chi connectivity index (χ4n) is 1.79. The third-order valence-corrected chi connectivity index (χ3v) is 3.11. The molecule has 0 spiro atoms. The zero-order valence-corrected chi connectivity index (χ0v) is 12.9. The quantitative estimate of drug-likeness (QED) is 0.753. The number of rotatable bonds is 6. The Morgan fingerprint density at radius 1 is 1.17 bits per heavy atom. The average Bonchev–Trinajstić information content (AvgIpc) is 3.35. The first-order valence-corrected chi connectivity index (χ1v) is 7.03. The second kappa shape index (κ2) is 7.48. The Morgan fingerprint density at radius 3 is 2.52 bits per heavy atom. The van der Waals surface area contributed by atoms with Crippen molar-refractivity contribution >= 4 is 17.9 Å². The molecule has 0 aliphatic heterocycles. The summed E-state index contributed by atoms with van der Waals surface area (Å²) in [7, 11) is 2.68. The van der Waals surface area contributed by atoms with Crippen molar-refractivity contribution in [1.82, 2.24) is 10.6 Å². The first kappa shape index (κ1) is 16.6. The topological polar surface area (TPSA) is 103 Å². The minimum Gasteiger partial charge on any atom is -0.493 e. The van der Waals surface area contributed by atoms with Gasteiger partial charge in [-0.05, 0) is 31.0 Å². The van der Waals surface area contributed by atoms with E-state index in [1.165, 1.54) is 32.4 Å². The number of carbonyl (C=O) groups excluding carboxylic acids is 3. The summed E-state index contributed by atoms with van der Waals surface area (Å²) in [4.78, 5) is 34.5. The molecule has 1 aliphatic rings. The third kappa shape index (κ3) is 4.87. The predicted molar refractivity (Wildman–Crippen MR) is 79.5 cm³/mol. The van der Waals surface area contributed by atoms with Gasteiger partial charge in [-0.2, -0.15) is 0 Å². The lowest BCUT2D eigenvalue weighted by Crippen LogP contribution is -2.42. The number of hydrogen-bond donors (Lipinski definition) is 2. The molecule has 8 nitrogen and oxygen atoms in total. The summed E-state index contributed by atoms with van der Waals surface area (Å²) >= 11 is 0. The van der Waals surface area contributed by atoms with Gasteiger partial charge >= 0.3 is 12.0 Å². The number of hydrogen-bond acceptors (Lipinski definition) is 6. The molecule has 3 amide bonds. The van der Waals surface area contributed by atoms with Gasteiger partial charge in [0.05, 0.1) is 19.8 Å². The zero-order valence-electron chi connectivity index (χ0n) is 12.9. The van der Waals surface area contributed by atoms with E-state index in [1.54, 1.807) is 0 Å². The van der Waals surface area contributed by atoms with Crippen LogP contribution < -0.4 is 20.1 Å². The number of ether oxygens (including phenoxy) is 3. The summed E-state index contributed by atoms with van der Waals surface area (Å²) in [5.41, 5.74) is 0.296. The van der Waals surface area contributed by atoms with Gasteiger partial charge in [-0.15, -0.1) is 0 Å². The molecule has 1 saturated carbocycles. The number of esters is 1. The van der Waals surface area contributed by atoms with Crippen LogP contribution in [-0.2, 0) is 9.53 Å². The Labute approximate surface area is 133 Å². The maximum absolute atomic E-state index is 11.6. The molecule has 0 radical (unpaired) electrons.